The van der Waals surface area contributed by atoms with Crippen LogP contribution in [0.4, 0.5) is 0 Å². The Kier molecular flexibility index (Phi) is 15.9. The average Bonchev–Trinajstić information content (AvgIpc) is 2.40. The Hall–Kier alpha value is -0.146. The second-order valence-corrected chi connectivity index (χ2v) is 4.88. The van der Waals surface area contributed by atoms with E-state index in [0.29, 0.717) is 5.92 Å². The molecular formula is C16H27O2Ti-. The van der Waals surface area contributed by atoms with Crippen LogP contribution in [0.3, 0.4) is 0 Å². The van der Waals surface area contributed by atoms with Crippen molar-refractivity contribution >= 4 is 0 Å². The van der Waals surface area contributed by atoms with Gasteiger partial charge < -0.3 is 0 Å². The van der Waals surface area contributed by atoms with Gasteiger partial charge in [0.05, 0.1) is 6.10 Å². The zero-order valence-corrected chi connectivity index (χ0v) is 14.2. The van der Waals surface area contributed by atoms with Crippen molar-refractivity contribution in [1.82, 2.24) is 0 Å². The molecule has 0 saturated carbocycles. The van der Waals surface area contributed by atoms with Crippen LogP contribution in [0, 0.1) is 6.07 Å². The van der Waals surface area contributed by atoms with Crippen molar-refractivity contribution in [3.05, 3.63) is 35.9 Å². The molecule has 1 unspecified atom stereocenters. The molecule has 0 aliphatic rings. The summed E-state index contributed by atoms with van der Waals surface area (Å²) >= 11 is 0. The third kappa shape index (κ3) is 12.6. The molecule has 0 fully saturated rings. The monoisotopic (exact) mass is 299 g/mol. The summed E-state index contributed by atoms with van der Waals surface area (Å²) in [6.45, 7) is 8.06. The molecular weight excluding hydrogens is 272 g/mol. The molecule has 1 atom stereocenters. The normalized spacial score (nSPS) is 11.3. The van der Waals surface area contributed by atoms with Crippen LogP contribution >= 0.6 is 0 Å². The fraction of sp³-hybridized carbons (Fsp3) is 0.625. The zero-order chi connectivity index (χ0) is 13.8. The van der Waals surface area contributed by atoms with E-state index in [1.54, 1.807) is 13.8 Å². The molecule has 1 aromatic carbocycles. The van der Waals surface area contributed by atoms with Crippen molar-refractivity contribution in [3.63, 3.8) is 0 Å². The van der Waals surface area contributed by atoms with Crippen LogP contribution in [-0.2, 0) is 26.6 Å². The number of hydrogen-bond donors (Lipinski definition) is 1. The maximum Gasteiger partial charge on any atom is 0.0871 e. The third-order valence-corrected chi connectivity index (χ3v) is 2.76. The molecule has 1 rings (SSSR count). The van der Waals surface area contributed by atoms with Crippen LogP contribution in [0.2, 0.25) is 0 Å². The Labute approximate surface area is 133 Å². The molecule has 1 aromatic rings. The maximum absolute atomic E-state index is 7.64. The van der Waals surface area contributed by atoms with E-state index >= 15 is 0 Å². The van der Waals surface area contributed by atoms with Gasteiger partial charge in [-0.05, 0) is 26.2 Å². The van der Waals surface area contributed by atoms with Gasteiger partial charge in [-0.3, -0.25) is 5.26 Å². The standard InChI is InChI=1S/C13H19.C3H8O2.Ti/c1-3-4-6-9-12(2)13-10-7-5-8-11-13;1-3(2)5-4;/h7-8,10-12H,3-4,6,9H2,1-2H3;3-4H,1-2H3;/q-1;;. The number of hydrogen-bond acceptors (Lipinski definition) is 2. The van der Waals surface area contributed by atoms with Gasteiger partial charge in [-0.1, -0.05) is 33.1 Å². The fourth-order valence-corrected chi connectivity index (χ4v) is 1.60. The Morgan fingerprint density at radius 1 is 1.16 bits per heavy atom. The topological polar surface area (TPSA) is 29.5 Å². The Morgan fingerprint density at radius 3 is 2.11 bits per heavy atom. The predicted octanol–water partition coefficient (Wildman–Crippen LogP) is 5.05. The van der Waals surface area contributed by atoms with Gasteiger partial charge in [-0.15, -0.1) is 0 Å². The first-order valence-electron chi connectivity index (χ1n) is 6.88. The molecule has 0 amide bonds. The molecule has 108 valence electrons. The van der Waals surface area contributed by atoms with E-state index in [1.165, 1.54) is 31.2 Å². The summed E-state index contributed by atoms with van der Waals surface area (Å²) in [6.07, 6.45) is 5.29. The van der Waals surface area contributed by atoms with E-state index < -0.39 is 0 Å². The van der Waals surface area contributed by atoms with Crippen LogP contribution in [0.5, 0.6) is 0 Å². The van der Waals surface area contributed by atoms with Crippen molar-refractivity contribution in [1.29, 1.82) is 0 Å². The molecule has 1 N–H and O–H groups in total. The second-order valence-electron chi connectivity index (χ2n) is 4.88. The second kappa shape index (κ2) is 14.3. The molecule has 0 spiro atoms. The van der Waals surface area contributed by atoms with Gasteiger partial charge >= 0.3 is 0 Å². The molecule has 0 saturated heterocycles. The summed E-state index contributed by atoms with van der Waals surface area (Å²) in [4.78, 5) is 3.75. The minimum atomic E-state index is -0.0602. The van der Waals surface area contributed by atoms with E-state index in [1.807, 2.05) is 12.1 Å². The van der Waals surface area contributed by atoms with E-state index in [-0.39, 0.29) is 27.8 Å². The quantitative estimate of drug-likeness (QED) is 0.262. The van der Waals surface area contributed by atoms with E-state index in [9.17, 15) is 0 Å². The molecule has 0 heterocycles. The van der Waals surface area contributed by atoms with E-state index in [2.05, 4.69) is 36.9 Å². The summed E-state index contributed by atoms with van der Waals surface area (Å²) in [7, 11) is 0. The molecule has 0 aromatic heterocycles. The fourth-order valence-electron chi connectivity index (χ4n) is 1.60. The minimum absolute atomic E-state index is 0. The van der Waals surface area contributed by atoms with Gasteiger partial charge in [-0.2, -0.15) is 35.9 Å². The molecule has 0 radical (unpaired) electrons. The summed E-state index contributed by atoms with van der Waals surface area (Å²) in [6, 6.07) is 11.4. The predicted molar refractivity (Wildman–Crippen MR) is 76.7 cm³/mol. The Balaban J connectivity index is 0. The van der Waals surface area contributed by atoms with Crippen LogP contribution in [0.15, 0.2) is 24.3 Å². The number of benzene rings is 1. The molecule has 3 heteroatoms. The summed E-state index contributed by atoms with van der Waals surface area (Å²) < 4.78 is 0. The van der Waals surface area contributed by atoms with Crippen LogP contribution in [0.25, 0.3) is 0 Å². The smallest absolute Gasteiger partial charge is 0.0871 e. The zero-order valence-electron chi connectivity index (χ0n) is 12.6. The first kappa shape index (κ1) is 21.2. The van der Waals surface area contributed by atoms with Crippen LogP contribution in [-0.4, -0.2) is 11.4 Å². The molecule has 0 bridgehead atoms. The van der Waals surface area contributed by atoms with Crippen molar-refractivity contribution < 1.29 is 31.9 Å². The Morgan fingerprint density at radius 2 is 1.68 bits per heavy atom. The van der Waals surface area contributed by atoms with Gasteiger partial charge in [0.25, 0.3) is 0 Å². The molecule has 0 aliphatic carbocycles. The molecule has 19 heavy (non-hydrogen) atoms. The van der Waals surface area contributed by atoms with Gasteiger partial charge in [0.1, 0.15) is 0 Å². The van der Waals surface area contributed by atoms with Crippen molar-refractivity contribution in [2.75, 3.05) is 0 Å². The largest absolute Gasteiger partial charge is 0.252 e. The molecule has 0 aliphatic heterocycles. The van der Waals surface area contributed by atoms with E-state index in [4.69, 9.17) is 5.26 Å². The number of rotatable bonds is 6. The maximum atomic E-state index is 7.64. The SMILES string of the molecule is CC(C)OO.CCCCCC(C)c1cc[c-]cc1.[Ti]. The molecule has 2 nitrogen and oxygen atoms in total. The van der Waals surface area contributed by atoms with Gasteiger partial charge in [0, 0.05) is 21.7 Å². The van der Waals surface area contributed by atoms with Crippen molar-refractivity contribution in [2.45, 2.75) is 65.4 Å². The number of unbranched alkanes of at least 4 members (excludes halogenated alkanes) is 2. The van der Waals surface area contributed by atoms with Crippen molar-refractivity contribution in [3.8, 4) is 0 Å². The average molecular weight is 299 g/mol. The summed E-state index contributed by atoms with van der Waals surface area (Å²) in [5.74, 6) is 0.709. The first-order chi connectivity index (χ1) is 8.61. The van der Waals surface area contributed by atoms with Gasteiger partial charge in [0.15, 0.2) is 0 Å². The third-order valence-electron chi connectivity index (χ3n) is 2.76. The minimum Gasteiger partial charge on any atom is -0.252 e. The summed E-state index contributed by atoms with van der Waals surface area (Å²) in [5.41, 5.74) is 1.45. The van der Waals surface area contributed by atoms with Gasteiger partial charge in [-0.25, -0.2) is 4.89 Å². The van der Waals surface area contributed by atoms with Crippen molar-refractivity contribution in [2.24, 2.45) is 0 Å². The van der Waals surface area contributed by atoms with Crippen LogP contribution < -0.4 is 0 Å². The van der Waals surface area contributed by atoms with Crippen LogP contribution in [0.1, 0.15) is 64.9 Å². The van der Waals surface area contributed by atoms with Gasteiger partial charge in [0.2, 0.25) is 0 Å². The summed E-state index contributed by atoms with van der Waals surface area (Å²) in [5, 5.41) is 7.64. The first-order valence-corrected chi connectivity index (χ1v) is 6.88. The Bertz CT molecular complexity index is 275. The van der Waals surface area contributed by atoms with E-state index in [0.717, 1.165) is 0 Å².